The van der Waals surface area contributed by atoms with E-state index < -0.39 is 35.7 Å². The molecule has 2 heterocycles. The van der Waals surface area contributed by atoms with Crippen molar-refractivity contribution < 1.29 is 32.3 Å². The lowest BCUT2D eigenvalue weighted by atomic mass is 9.79. The molecule has 1 aliphatic rings. The van der Waals surface area contributed by atoms with Crippen molar-refractivity contribution in [3.63, 3.8) is 0 Å². The van der Waals surface area contributed by atoms with Crippen molar-refractivity contribution >= 4 is 35.0 Å². The summed E-state index contributed by atoms with van der Waals surface area (Å²) in [6.45, 7) is 0. The van der Waals surface area contributed by atoms with Crippen molar-refractivity contribution in [1.82, 2.24) is 10.6 Å². The number of benzene rings is 2. The standard InChI is InChI=1S/C22H15Cl2F3N2O4/c23-13-7-6-12(10-14(13)24)15-8-9-16(33-15)18-17(19(30)11-4-2-1-3-5-11)21(32,22(25,26)27)29-20(31)28-18/h1-10,17-18,32H,(H2,28,29,31)/t17-,18+,21+/m0/s1. The number of halogens is 5. The number of carbonyl (C=O) groups is 2. The van der Waals surface area contributed by atoms with Gasteiger partial charge in [0.05, 0.1) is 10.0 Å². The zero-order chi connectivity index (χ0) is 24.0. The number of nitrogens with one attached hydrogen (secondary N) is 2. The fraction of sp³-hybridized carbons (Fsp3) is 0.182. The average Bonchev–Trinajstić information content (AvgIpc) is 3.25. The first-order chi connectivity index (χ1) is 15.5. The molecule has 3 atom stereocenters. The van der Waals surface area contributed by atoms with Crippen LogP contribution in [0.5, 0.6) is 0 Å². The molecule has 0 aliphatic carbocycles. The minimum atomic E-state index is -5.36. The molecule has 0 bridgehead atoms. The monoisotopic (exact) mass is 498 g/mol. The molecular formula is C22H15Cl2F3N2O4. The van der Waals surface area contributed by atoms with E-state index in [1.54, 1.807) is 12.1 Å². The topological polar surface area (TPSA) is 91.6 Å². The first kappa shape index (κ1) is 23.2. The van der Waals surface area contributed by atoms with Crippen LogP contribution in [-0.2, 0) is 0 Å². The number of hydrogen-bond acceptors (Lipinski definition) is 4. The third kappa shape index (κ3) is 4.19. The van der Waals surface area contributed by atoms with Crippen LogP contribution < -0.4 is 10.6 Å². The van der Waals surface area contributed by atoms with Gasteiger partial charge in [-0.15, -0.1) is 0 Å². The van der Waals surface area contributed by atoms with Crippen LogP contribution in [0, 0.1) is 5.92 Å². The predicted molar refractivity (Wildman–Crippen MR) is 114 cm³/mol. The largest absolute Gasteiger partial charge is 0.459 e. The Kier molecular flexibility index (Phi) is 5.90. The van der Waals surface area contributed by atoms with Gasteiger partial charge in [0.2, 0.25) is 5.72 Å². The van der Waals surface area contributed by atoms with E-state index in [9.17, 15) is 27.9 Å². The summed E-state index contributed by atoms with van der Waals surface area (Å²) in [5.74, 6) is -3.19. The van der Waals surface area contributed by atoms with Crippen LogP contribution in [0.4, 0.5) is 18.0 Å². The van der Waals surface area contributed by atoms with Gasteiger partial charge >= 0.3 is 12.2 Å². The van der Waals surface area contributed by atoms with Crippen LogP contribution in [0.1, 0.15) is 22.2 Å². The van der Waals surface area contributed by atoms with E-state index >= 15 is 0 Å². The normalized spacial score (nSPS) is 23.0. The molecular weight excluding hydrogens is 484 g/mol. The first-order valence-corrected chi connectivity index (χ1v) is 10.3. The first-order valence-electron chi connectivity index (χ1n) is 9.53. The maximum absolute atomic E-state index is 14.0. The summed E-state index contributed by atoms with van der Waals surface area (Å²) in [7, 11) is 0. The molecule has 11 heteroatoms. The fourth-order valence-corrected chi connectivity index (χ4v) is 3.98. The molecule has 2 amide bonds. The highest BCUT2D eigenvalue weighted by atomic mass is 35.5. The predicted octanol–water partition coefficient (Wildman–Crippen LogP) is 5.36. The van der Waals surface area contributed by atoms with Gasteiger partial charge in [0, 0.05) is 11.1 Å². The van der Waals surface area contributed by atoms with E-state index in [2.05, 4.69) is 5.32 Å². The molecule has 1 saturated heterocycles. The molecule has 3 N–H and O–H groups in total. The van der Waals surface area contributed by atoms with Gasteiger partial charge in [0.1, 0.15) is 23.5 Å². The number of ketones is 1. The van der Waals surface area contributed by atoms with Crippen molar-refractivity contribution in [1.29, 1.82) is 0 Å². The molecule has 33 heavy (non-hydrogen) atoms. The lowest BCUT2D eigenvalue weighted by molar-refractivity contribution is -0.288. The number of furan rings is 1. The van der Waals surface area contributed by atoms with Crippen LogP contribution in [0.3, 0.4) is 0 Å². The van der Waals surface area contributed by atoms with Crippen molar-refractivity contribution in [2.75, 3.05) is 0 Å². The van der Waals surface area contributed by atoms with Gasteiger partial charge in [0.25, 0.3) is 0 Å². The summed E-state index contributed by atoms with van der Waals surface area (Å²) in [4.78, 5) is 25.3. The minimum absolute atomic E-state index is 0.0793. The Morgan fingerprint density at radius 2 is 1.73 bits per heavy atom. The maximum Gasteiger partial charge on any atom is 0.437 e. The summed E-state index contributed by atoms with van der Waals surface area (Å²) >= 11 is 11.9. The van der Waals surface area contributed by atoms with E-state index in [0.29, 0.717) is 10.6 Å². The van der Waals surface area contributed by atoms with Gasteiger partial charge in [-0.3, -0.25) is 4.79 Å². The molecule has 1 aromatic heterocycles. The highest BCUT2D eigenvalue weighted by Gasteiger charge is 2.66. The Morgan fingerprint density at radius 1 is 1.03 bits per heavy atom. The van der Waals surface area contributed by atoms with Gasteiger partial charge < -0.3 is 20.2 Å². The van der Waals surface area contributed by atoms with Crippen molar-refractivity contribution in [3.05, 3.63) is 82.0 Å². The molecule has 6 nitrogen and oxygen atoms in total. The van der Waals surface area contributed by atoms with Gasteiger partial charge in [-0.2, -0.15) is 13.2 Å². The highest BCUT2D eigenvalue weighted by molar-refractivity contribution is 6.42. The Morgan fingerprint density at radius 3 is 2.36 bits per heavy atom. The molecule has 1 fully saturated rings. The lowest BCUT2D eigenvalue weighted by Crippen LogP contribution is -2.72. The zero-order valence-electron chi connectivity index (χ0n) is 16.5. The second-order valence-electron chi connectivity index (χ2n) is 7.38. The van der Waals surface area contributed by atoms with E-state index in [0.717, 1.165) is 0 Å². The number of amides is 2. The Hall–Kier alpha value is -3.01. The summed E-state index contributed by atoms with van der Waals surface area (Å²) in [5, 5.41) is 14.9. The number of rotatable bonds is 4. The number of alkyl halides is 3. The molecule has 0 radical (unpaired) electrons. The lowest BCUT2D eigenvalue weighted by Gasteiger charge is -2.44. The number of hydrogen-bond donors (Lipinski definition) is 3. The molecule has 3 aromatic rings. The molecule has 0 unspecified atom stereocenters. The average molecular weight is 499 g/mol. The fourth-order valence-electron chi connectivity index (χ4n) is 3.68. The molecule has 172 valence electrons. The van der Waals surface area contributed by atoms with Crippen molar-refractivity contribution in [2.24, 2.45) is 5.92 Å². The minimum Gasteiger partial charge on any atom is -0.459 e. The van der Waals surface area contributed by atoms with Crippen LogP contribution in [0.2, 0.25) is 10.0 Å². The Balaban J connectivity index is 1.81. The van der Waals surface area contributed by atoms with E-state index in [1.807, 2.05) is 0 Å². The number of aliphatic hydroxyl groups is 1. The van der Waals surface area contributed by atoms with E-state index in [1.165, 1.54) is 53.8 Å². The van der Waals surface area contributed by atoms with Gasteiger partial charge in [-0.1, -0.05) is 53.5 Å². The molecule has 4 rings (SSSR count). The molecule has 1 aliphatic heterocycles. The van der Waals surface area contributed by atoms with E-state index in [-0.39, 0.29) is 22.1 Å². The second kappa shape index (κ2) is 8.40. The molecule has 2 aromatic carbocycles. The maximum atomic E-state index is 14.0. The van der Waals surface area contributed by atoms with Crippen molar-refractivity contribution in [2.45, 2.75) is 17.9 Å². The quantitative estimate of drug-likeness (QED) is 0.422. The van der Waals surface area contributed by atoms with Crippen LogP contribution in [0.25, 0.3) is 11.3 Å². The third-order valence-electron chi connectivity index (χ3n) is 5.28. The molecule has 0 saturated carbocycles. The van der Waals surface area contributed by atoms with Crippen LogP contribution >= 0.6 is 23.2 Å². The summed E-state index contributed by atoms with van der Waals surface area (Å²) in [6, 6.07) is 11.6. The van der Waals surface area contributed by atoms with Crippen LogP contribution in [0.15, 0.2) is 65.1 Å². The number of urea groups is 1. The van der Waals surface area contributed by atoms with E-state index in [4.69, 9.17) is 27.6 Å². The Bertz CT molecular complexity index is 1220. The highest BCUT2D eigenvalue weighted by Crippen LogP contribution is 2.44. The van der Waals surface area contributed by atoms with Gasteiger partial charge in [-0.25, -0.2) is 4.79 Å². The smallest absolute Gasteiger partial charge is 0.437 e. The number of carbonyl (C=O) groups excluding carboxylic acids is 2. The number of Topliss-reactive ketones (excluding diaryl/α,β-unsaturated/α-hetero) is 1. The summed E-state index contributed by atoms with van der Waals surface area (Å²) < 4.78 is 47.6. The van der Waals surface area contributed by atoms with Gasteiger partial charge in [0.15, 0.2) is 5.78 Å². The van der Waals surface area contributed by atoms with Crippen molar-refractivity contribution in [3.8, 4) is 11.3 Å². The molecule has 0 spiro atoms. The third-order valence-corrected chi connectivity index (χ3v) is 6.02. The summed E-state index contributed by atoms with van der Waals surface area (Å²) in [5.41, 5.74) is -3.46. The SMILES string of the molecule is O=C1N[C@H](c2ccc(-c3ccc(Cl)c(Cl)c3)o2)[C@@H](C(=O)c2ccccc2)[C@@](O)(C(F)(F)F)N1. The second-order valence-corrected chi connectivity index (χ2v) is 8.19. The Labute approximate surface area is 195 Å². The van der Waals surface area contributed by atoms with Gasteiger partial charge in [-0.05, 0) is 30.3 Å². The van der Waals surface area contributed by atoms with Crippen LogP contribution in [-0.4, -0.2) is 28.8 Å². The zero-order valence-corrected chi connectivity index (χ0v) is 18.0. The summed E-state index contributed by atoms with van der Waals surface area (Å²) in [6.07, 6.45) is -5.36.